The molecular weight excluding hydrogens is 278 g/mol. The normalized spacial score (nSPS) is 21.3. The summed E-state index contributed by atoms with van der Waals surface area (Å²) in [5.74, 6) is 0.500. The van der Waals surface area contributed by atoms with Crippen LogP contribution in [0, 0.1) is 12.8 Å². The predicted octanol–water partition coefficient (Wildman–Crippen LogP) is 1.39. The number of aromatic nitrogens is 3. The van der Waals surface area contributed by atoms with Crippen LogP contribution in [0.25, 0.3) is 5.69 Å². The van der Waals surface area contributed by atoms with Crippen LogP contribution in [0.1, 0.15) is 29.3 Å². The Kier molecular flexibility index (Phi) is 3.94. The van der Waals surface area contributed by atoms with E-state index in [1.807, 2.05) is 30.0 Å². The van der Waals surface area contributed by atoms with E-state index in [0.717, 1.165) is 29.8 Å². The molecule has 6 heteroatoms. The fourth-order valence-corrected chi connectivity index (χ4v) is 3.12. The van der Waals surface area contributed by atoms with E-state index >= 15 is 0 Å². The number of hydrogen-bond donors (Lipinski definition) is 1. The predicted molar refractivity (Wildman–Crippen MR) is 83.8 cm³/mol. The third-order valence-electron chi connectivity index (χ3n) is 4.38. The molecule has 6 nitrogen and oxygen atoms in total. The molecule has 1 fully saturated rings. The minimum Gasteiger partial charge on any atom is -0.336 e. The minimum absolute atomic E-state index is 0.0890. The molecule has 0 radical (unpaired) electrons. The second-order valence-corrected chi connectivity index (χ2v) is 5.98. The van der Waals surface area contributed by atoms with Crippen molar-refractivity contribution >= 4 is 5.91 Å². The van der Waals surface area contributed by atoms with Crippen molar-refractivity contribution in [3.63, 3.8) is 0 Å². The van der Waals surface area contributed by atoms with Crippen molar-refractivity contribution in [2.45, 2.75) is 26.3 Å². The second-order valence-electron chi connectivity index (χ2n) is 5.98. The number of amides is 1. The van der Waals surface area contributed by atoms with Gasteiger partial charge in [-0.25, -0.2) is 9.67 Å². The smallest absolute Gasteiger partial charge is 0.254 e. The van der Waals surface area contributed by atoms with Crippen molar-refractivity contribution in [1.29, 1.82) is 0 Å². The molecule has 1 aliphatic heterocycles. The Labute approximate surface area is 129 Å². The molecule has 1 aliphatic rings. The molecule has 3 rings (SSSR count). The summed E-state index contributed by atoms with van der Waals surface area (Å²) in [6.07, 6.45) is 4.12. The first-order chi connectivity index (χ1) is 10.6. The zero-order chi connectivity index (χ0) is 15.7. The average molecular weight is 299 g/mol. The number of carbonyl (C=O) groups excluding carboxylic acids is 1. The summed E-state index contributed by atoms with van der Waals surface area (Å²) in [7, 11) is 0. The molecule has 22 heavy (non-hydrogen) atoms. The highest BCUT2D eigenvalue weighted by atomic mass is 16.2. The number of benzene rings is 1. The second kappa shape index (κ2) is 5.88. The minimum atomic E-state index is 0.0890. The maximum Gasteiger partial charge on any atom is 0.254 e. The lowest BCUT2D eigenvalue weighted by atomic mass is 10.1. The fourth-order valence-electron chi connectivity index (χ4n) is 3.12. The quantitative estimate of drug-likeness (QED) is 0.929. The molecule has 2 atom stereocenters. The number of aryl methyl sites for hydroxylation is 1. The van der Waals surface area contributed by atoms with Gasteiger partial charge in [-0.15, -0.1) is 0 Å². The summed E-state index contributed by atoms with van der Waals surface area (Å²) in [4.78, 5) is 18.7. The van der Waals surface area contributed by atoms with Gasteiger partial charge in [-0.05, 0) is 56.5 Å². The van der Waals surface area contributed by atoms with Crippen LogP contribution in [0.15, 0.2) is 30.9 Å². The molecule has 1 saturated heterocycles. The van der Waals surface area contributed by atoms with Crippen LogP contribution in [0.2, 0.25) is 0 Å². The number of likely N-dealkylation sites (tertiary alicyclic amines) is 1. The van der Waals surface area contributed by atoms with Gasteiger partial charge >= 0.3 is 0 Å². The molecular formula is C16H21N5O. The largest absolute Gasteiger partial charge is 0.336 e. The van der Waals surface area contributed by atoms with E-state index in [1.54, 1.807) is 11.0 Å². The SMILES string of the molecule is Cc1cc(-n2cncn2)ccc1C(=O)N1CC(CN)CC1C. The summed E-state index contributed by atoms with van der Waals surface area (Å²) in [6.45, 7) is 5.43. The van der Waals surface area contributed by atoms with Crippen molar-refractivity contribution in [3.05, 3.63) is 42.0 Å². The summed E-state index contributed by atoms with van der Waals surface area (Å²) in [6, 6.07) is 5.98. The first-order valence-electron chi connectivity index (χ1n) is 7.57. The lowest BCUT2D eigenvalue weighted by Crippen LogP contribution is -2.34. The van der Waals surface area contributed by atoms with Crippen molar-refractivity contribution in [3.8, 4) is 5.69 Å². The molecule has 2 N–H and O–H groups in total. The molecule has 2 heterocycles. The van der Waals surface area contributed by atoms with E-state index in [-0.39, 0.29) is 11.9 Å². The Balaban J connectivity index is 1.84. The Morgan fingerprint density at radius 2 is 2.27 bits per heavy atom. The molecule has 1 aromatic carbocycles. The van der Waals surface area contributed by atoms with Crippen LogP contribution in [-0.2, 0) is 0 Å². The van der Waals surface area contributed by atoms with Gasteiger partial charge in [0.25, 0.3) is 5.91 Å². The number of carbonyl (C=O) groups is 1. The number of rotatable bonds is 3. The topological polar surface area (TPSA) is 77.0 Å². The molecule has 116 valence electrons. The van der Waals surface area contributed by atoms with Crippen LogP contribution in [0.4, 0.5) is 0 Å². The molecule has 2 aromatic rings. The van der Waals surface area contributed by atoms with Gasteiger partial charge in [0.05, 0.1) is 5.69 Å². The molecule has 0 saturated carbocycles. The third-order valence-corrected chi connectivity index (χ3v) is 4.38. The third kappa shape index (κ3) is 2.62. The van der Waals surface area contributed by atoms with Gasteiger partial charge in [-0.3, -0.25) is 4.79 Å². The van der Waals surface area contributed by atoms with Crippen LogP contribution < -0.4 is 5.73 Å². The highest BCUT2D eigenvalue weighted by Gasteiger charge is 2.32. The average Bonchev–Trinajstić information content (AvgIpc) is 3.15. The Hall–Kier alpha value is -2.21. The van der Waals surface area contributed by atoms with Crippen molar-refractivity contribution < 1.29 is 4.79 Å². The highest BCUT2D eigenvalue weighted by Crippen LogP contribution is 2.25. The molecule has 0 aliphatic carbocycles. The molecule has 1 amide bonds. The van der Waals surface area contributed by atoms with E-state index in [2.05, 4.69) is 17.0 Å². The Morgan fingerprint density at radius 3 is 2.86 bits per heavy atom. The zero-order valence-corrected chi connectivity index (χ0v) is 12.9. The van der Waals surface area contributed by atoms with Crippen LogP contribution in [0.5, 0.6) is 0 Å². The molecule has 0 spiro atoms. The lowest BCUT2D eigenvalue weighted by molar-refractivity contribution is 0.0742. The van der Waals surface area contributed by atoms with Crippen LogP contribution in [-0.4, -0.2) is 44.7 Å². The number of nitrogens with two attached hydrogens (primary N) is 1. The standard InChI is InChI=1S/C16H21N5O/c1-11-5-14(21-10-18-9-19-21)3-4-15(11)16(22)20-8-13(7-17)6-12(20)2/h3-5,9-10,12-13H,6-8,17H2,1-2H3. The van der Waals surface area contributed by atoms with Crippen LogP contribution in [0.3, 0.4) is 0 Å². The van der Waals surface area contributed by atoms with E-state index in [9.17, 15) is 4.79 Å². The van der Waals surface area contributed by atoms with Gasteiger partial charge < -0.3 is 10.6 Å². The van der Waals surface area contributed by atoms with E-state index in [1.165, 1.54) is 6.33 Å². The summed E-state index contributed by atoms with van der Waals surface area (Å²) < 4.78 is 1.68. The molecule has 1 aromatic heterocycles. The highest BCUT2D eigenvalue weighted by molar-refractivity contribution is 5.96. The van der Waals surface area contributed by atoms with Crippen molar-refractivity contribution in [2.24, 2.45) is 11.7 Å². The fraction of sp³-hybridized carbons (Fsp3) is 0.438. The van der Waals surface area contributed by atoms with Crippen molar-refractivity contribution in [1.82, 2.24) is 19.7 Å². The molecule has 0 bridgehead atoms. The van der Waals surface area contributed by atoms with Gasteiger partial charge in [0.2, 0.25) is 0 Å². The Bertz CT molecular complexity index is 667. The number of nitrogens with zero attached hydrogens (tertiary/aromatic N) is 4. The van der Waals surface area contributed by atoms with Crippen molar-refractivity contribution in [2.75, 3.05) is 13.1 Å². The van der Waals surface area contributed by atoms with E-state index < -0.39 is 0 Å². The Morgan fingerprint density at radius 1 is 1.45 bits per heavy atom. The summed E-state index contributed by atoms with van der Waals surface area (Å²) in [5.41, 5.74) is 8.34. The lowest BCUT2D eigenvalue weighted by Gasteiger charge is -2.22. The first kappa shape index (κ1) is 14.7. The first-order valence-corrected chi connectivity index (χ1v) is 7.57. The van der Waals surface area contributed by atoms with Gasteiger partial charge in [0, 0.05) is 18.2 Å². The van der Waals surface area contributed by atoms with Gasteiger partial charge in [0.15, 0.2) is 0 Å². The van der Waals surface area contributed by atoms with Gasteiger partial charge in [0.1, 0.15) is 12.7 Å². The summed E-state index contributed by atoms with van der Waals surface area (Å²) >= 11 is 0. The summed E-state index contributed by atoms with van der Waals surface area (Å²) in [5, 5.41) is 4.11. The van der Waals surface area contributed by atoms with E-state index in [4.69, 9.17) is 5.73 Å². The van der Waals surface area contributed by atoms with Crippen LogP contribution >= 0.6 is 0 Å². The van der Waals surface area contributed by atoms with Gasteiger partial charge in [-0.2, -0.15) is 5.10 Å². The zero-order valence-electron chi connectivity index (χ0n) is 12.9. The number of hydrogen-bond acceptors (Lipinski definition) is 4. The maximum atomic E-state index is 12.8. The van der Waals surface area contributed by atoms with Gasteiger partial charge in [-0.1, -0.05) is 0 Å². The monoisotopic (exact) mass is 299 g/mol. The molecule has 2 unspecified atom stereocenters. The van der Waals surface area contributed by atoms with E-state index in [0.29, 0.717) is 12.5 Å². The maximum absolute atomic E-state index is 12.8.